The van der Waals surface area contributed by atoms with Gasteiger partial charge >= 0.3 is 0 Å². The van der Waals surface area contributed by atoms with E-state index in [0.717, 1.165) is 17.9 Å². The molecule has 1 aromatic heterocycles. The van der Waals surface area contributed by atoms with Crippen LogP contribution < -0.4 is 4.90 Å². The molecule has 0 spiro atoms. The van der Waals surface area contributed by atoms with Crippen molar-refractivity contribution in [1.29, 1.82) is 5.26 Å². The summed E-state index contributed by atoms with van der Waals surface area (Å²) in [4.78, 5) is 6.45. The summed E-state index contributed by atoms with van der Waals surface area (Å²) < 4.78 is 5.83. The number of aromatic nitrogens is 1. The molecule has 1 aliphatic rings. The van der Waals surface area contributed by atoms with Crippen LogP contribution in [0.25, 0.3) is 0 Å². The molecule has 3 rings (SSSR count). The first kappa shape index (κ1) is 15.1. The van der Waals surface area contributed by atoms with Gasteiger partial charge in [-0.2, -0.15) is 5.26 Å². The van der Waals surface area contributed by atoms with Gasteiger partial charge in [0.05, 0.1) is 28.3 Å². The predicted octanol–water partition coefficient (Wildman–Crippen LogP) is 3.84. The van der Waals surface area contributed by atoms with E-state index in [-0.39, 0.29) is 6.10 Å². The van der Waals surface area contributed by atoms with Crippen LogP contribution >= 0.6 is 23.2 Å². The monoisotopic (exact) mass is 333 g/mol. The van der Waals surface area contributed by atoms with E-state index in [2.05, 4.69) is 16.0 Å². The van der Waals surface area contributed by atoms with Crippen molar-refractivity contribution >= 4 is 29.0 Å². The maximum absolute atomic E-state index is 9.00. The van der Waals surface area contributed by atoms with Gasteiger partial charge in [-0.05, 0) is 29.8 Å². The Kier molecular flexibility index (Phi) is 4.49. The van der Waals surface area contributed by atoms with Crippen LogP contribution in [0.15, 0.2) is 36.5 Å². The van der Waals surface area contributed by atoms with Crippen molar-refractivity contribution < 1.29 is 4.74 Å². The number of hydrogen-bond acceptors (Lipinski definition) is 4. The first-order valence-corrected chi connectivity index (χ1v) is 7.60. The first-order chi connectivity index (χ1) is 10.7. The van der Waals surface area contributed by atoms with Crippen LogP contribution in [0.5, 0.6) is 0 Å². The lowest BCUT2D eigenvalue weighted by Crippen LogP contribution is -2.38. The minimum Gasteiger partial charge on any atom is -0.370 e. The Hall–Kier alpha value is -1.80. The van der Waals surface area contributed by atoms with Crippen LogP contribution in [-0.4, -0.2) is 24.7 Å². The second-order valence-electron chi connectivity index (χ2n) is 4.99. The number of morpholine rings is 1. The Morgan fingerprint density at radius 3 is 2.86 bits per heavy atom. The van der Waals surface area contributed by atoms with Crippen LogP contribution in [0.3, 0.4) is 0 Å². The third-order valence-electron chi connectivity index (χ3n) is 3.58. The summed E-state index contributed by atoms with van der Waals surface area (Å²) in [7, 11) is 0. The number of benzene rings is 1. The fourth-order valence-corrected chi connectivity index (χ4v) is 2.74. The highest BCUT2D eigenvalue weighted by Crippen LogP contribution is 2.30. The Balaban J connectivity index is 1.81. The number of nitrogens with zero attached hydrogens (tertiary/aromatic N) is 3. The van der Waals surface area contributed by atoms with Crippen LogP contribution in [0.2, 0.25) is 10.0 Å². The molecule has 112 valence electrons. The maximum atomic E-state index is 9.00. The minimum atomic E-state index is -0.101. The maximum Gasteiger partial charge on any atom is 0.129 e. The van der Waals surface area contributed by atoms with Crippen molar-refractivity contribution in [2.75, 3.05) is 24.6 Å². The van der Waals surface area contributed by atoms with Gasteiger partial charge in [-0.1, -0.05) is 29.3 Å². The summed E-state index contributed by atoms with van der Waals surface area (Å²) in [6.45, 7) is 1.98. The van der Waals surface area contributed by atoms with E-state index in [4.69, 9.17) is 33.2 Å². The molecule has 6 heteroatoms. The van der Waals surface area contributed by atoms with Gasteiger partial charge in [0.25, 0.3) is 0 Å². The minimum absolute atomic E-state index is 0.101. The predicted molar refractivity (Wildman–Crippen MR) is 86.3 cm³/mol. The normalized spacial score (nSPS) is 18.0. The number of rotatable bonds is 2. The number of anilines is 1. The quantitative estimate of drug-likeness (QED) is 0.837. The fraction of sp³-hybridized carbons (Fsp3) is 0.250. The van der Waals surface area contributed by atoms with Crippen molar-refractivity contribution in [3.8, 4) is 6.07 Å². The Morgan fingerprint density at radius 2 is 2.09 bits per heavy atom. The Labute approximate surface area is 138 Å². The van der Waals surface area contributed by atoms with Gasteiger partial charge in [0, 0.05) is 19.3 Å². The summed E-state index contributed by atoms with van der Waals surface area (Å²) in [5.41, 5.74) is 1.58. The molecule has 1 fully saturated rings. The Morgan fingerprint density at radius 1 is 1.23 bits per heavy atom. The van der Waals surface area contributed by atoms with E-state index >= 15 is 0 Å². The SMILES string of the molecule is N#Cc1ccnc(N2CCO[C@H](c3ccc(Cl)c(Cl)c3)C2)c1. The number of nitriles is 1. The van der Waals surface area contributed by atoms with Crippen molar-refractivity contribution in [2.45, 2.75) is 6.10 Å². The molecule has 4 nitrogen and oxygen atoms in total. The van der Waals surface area contributed by atoms with E-state index in [0.29, 0.717) is 28.8 Å². The first-order valence-electron chi connectivity index (χ1n) is 6.85. The molecular weight excluding hydrogens is 321 g/mol. The van der Waals surface area contributed by atoms with E-state index in [1.807, 2.05) is 12.1 Å². The highest BCUT2D eigenvalue weighted by Gasteiger charge is 2.23. The molecule has 2 heterocycles. The van der Waals surface area contributed by atoms with Crippen LogP contribution in [0, 0.1) is 11.3 Å². The molecular formula is C16H13Cl2N3O. The van der Waals surface area contributed by atoms with Crippen LogP contribution in [-0.2, 0) is 4.74 Å². The lowest BCUT2D eigenvalue weighted by Gasteiger charge is -2.34. The third kappa shape index (κ3) is 3.17. The number of halogens is 2. The molecule has 22 heavy (non-hydrogen) atoms. The van der Waals surface area contributed by atoms with Gasteiger partial charge in [-0.15, -0.1) is 0 Å². The van der Waals surface area contributed by atoms with Crippen molar-refractivity contribution in [3.05, 3.63) is 57.7 Å². The summed E-state index contributed by atoms with van der Waals surface area (Å²) in [5.74, 6) is 0.785. The molecule has 0 radical (unpaired) electrons. The average molecular weight is 334 g/mol. The second kappa shape index (κ2) is 6.53. The topological polar surface area (TPSA) is 49.2 Å². The summed E-state index contributed by atoms with van der Waals surface area (Å²) in [6, 6.07) is 11.1. The number of ether oxygens (including phenoxy) is 1. The average Bonchev–Trinajstić information content (AvgIpc) is 2.57. The molecule has 2 aromatic rings. The number of pyridine rings is 1. The molecule has 0 bridgehead atoms. The van der Waals surface area contributed by atoms with Crippen molar-refractivity contribution in [3.63, 3.8) is 0 Å². The van der Waals surface area contributed by atoms with Gasteiger partial charge in [0.15, 0.2) is 0 Å². The molecule has 1 atom stereocenters. The zero-order valence-corrected chi connectivity index (χ0v) is 13.2. The van der Waals surface area contributed by atoms with E-state index in [9.17, 15) is 0 Å². The van der Waals surface area contributed by atoms with Crippen molar-refractivity contribution in [2.24, 2.45) is 0 Å². The molecule has 0 amide bonds. The number of hydrogen-bond donors (Lipinski definition) is 0. The zero-order chi connectivity index (χ0) is 15.5. The van der Waals surface area contributed by atoms with Gasteiger partial charge in [0.2, 0.25) is 0 Å². The van der Waals surface area contributed by atoms with Gasteiger partial charge in [-0.3, -0.25) is 0 Å². The fourth-order valence-electron chi connectivity index (χ4n) is 2.43. The summed E-state index contributed by atoms with van der Waals surface area (Å²) in [5, 5.41) is 10.0. The van der Waals surface area contributed by atoms with Gasteiger partial charge in [0.1, 0.15) is 11.9 Å². The molecule has 1 saturated heterocycles. The molecule has 1 aromatic carbocycles. The highest BCUT2D eigenvalue weighted by molar-refractivity contribution is 6.42. The van der Waals surface area contributed by atoms with Gasteiger partial charge < -0.3 is 9.64 Å². The largest absolute Gasteiger partial charge is 0.370 e. The lowest BCUT2D eigenvalue weighted by molar-refractivity contribution is 0.0395. The van der Waals surface area contributed by atoms with Crippen LogP contribution in [0.4, 0.5) is 5.82 Å². The molecule has 0 unspecified atom stereocenters. The molecule has 0 saturated carbocycles. The molecule has 0 N–H and O–H groups in total. The van der Waals surface area contributed by atoms with E-state index in [1.54, 1.807) is 24.4 Å². The smallest absolute Gasteiger partial charge is 0.129 e. The van der Waals surface area contributed by atoms with Gasteiger partial charge in [-0.25, -0.2) is 4.98 Å². The molecule has 0 aliphatic carbocycles. The summed E-state index contributed by atoms with van der Waals surface area (Å²) >= 11 is 12.0. The van der Waals surface area contributed by atoms with Crippen molar-refractivity contribution in [1.82, 2.24) is 4.98 Å². The lowest BCUT2D eigenvalue weighted by atomic mass is 10.1. The van der Waals surface area contributed by atoms with E-state index < -0.39 is 0 Å². The highest BCUT2D eigenvalue weighted by atomic mass is 35.5. The van der Waals surface area contributed by atoms with E-state index in [1.165, 1.54) is 0 Å². The zero-order valence-electron chi connectivity index (χ0n) is 11.7. The molecule has 1 aliphatic heterocycles. The van der Waals surface area contributed by atoms with Crippen LogP contribution in [0.1, 0.15) is 17.2 Å². The second-order valence-corrected chi connectivity index (χ2v) is 5.81. The summed E-state index contributed by atoms with van der Waals surface area (Å²) in [6.07, 6.45) is 1.55. The standard InChI is InChI=1S/C16H13Cl2N3O/c17-13-2-1-12(8-14(13)18)15-10-21(5-6-22-15)16-7-11(9-19)3-4-20-16/h1-4,7-8,15H,5-6,10H2/t15-/m0/s1. The third-order valence-corrected chi connectivity index (χ3v) is 4.32. The Bertz CT molecular complexity index is 730.